The van der Waals surface area contributed by atoms with Crippen LogP contribution in [0.5, 0.6) is 5.75 Å². The van der Waals surface area contributed by atoms with Crippen LogP contribution in [0.3, 0.4) is 0 Å². The Morgan fingerprint density at radius 1 is 1.15 bits per heavy atom. The van der Waals surface area contributed by atoms with Gasteiger partial charge >= 0.3 is 11.9 Å². The minimum Gasteiger partial charge on any atom is -0.494 e. The van der Waals surface area contributed by atoms with Gasteiger partial charge in [0.2, 0.25) is 0 Å². The van der Waals surface area contributed by atoms with Crippen molar-refractivity contribution in [1.29, 1.82) is 0 Å². The van der Waals surface area contributed by atoms with Crippen molar-refractivity contribution in [2.45, 2.75) is 31.8 Å². The van der Waals surface area contributed by atoms with Gasteiger partial charge < -0.3 is 19.3 Å². The normalized spacial score (nSPS) is 28.3. The monoisotopic (exact) mass is 364 g/mol. The number of rotatable bonds is 5. The lowest BCUT2D eigenvalue weighted by Crippen LogP contribution is -2.55. The highest BCUT2D eigenvalue weighted by atomic mass is 16.5. The lowest BCUT2D eigenvalue weighted by atomic mass is 9.62. The molecular weight excluding hydrogens is 340 g/mol. The van der Waals surface area contributed by atoms with Crippen LogP contribution in [0.2, 0.25) is 0 Å². The van der Waals surface area contributed by atoms with Crippen LogP contribution in [0.15, 0.2) is 24.3 Å². The van der Waals surface area contributed by atoms with Crippen molar-refractivity contribution < 1.29 is 33.7 Å². The molecule has 7 nitrogen and oxygen atoms in total. The Kier molecular flexibility index (Phi) is 6.02. The third kappa shape index (κ3) is 3.72. The molecule has 142 valence electrons. The van der Waals surface area contributed by atoms with Crippen LogP contribution in [0, 0.1) is 11.8 Å². The minimum atomic E-state index is -1.64. The van der Waals surface area contributed by atoms with Gasteiger partial charge in [-0.25, -0.2) is 0 Å². The van der Waals surface area contributed by atoms with Crippen LogP contribution in [-0.2, 0) is 23.9 Å². The average Bonchev–Trinajstić information content (AvgIpc) is 2.60. The summed E-state index contributed by atoms with van der Waals surface area (Å²) in [5, 5.41) is 10.8. The van der Waals surface area contributed by atoms with E-state index in [9.17, 15) is 19.5 Å². The predicted octanol–water partition coefficient (Wildman–Crippen LogP) is 1.47. The van der Waals surface area contributed by atoms with Crippen molar-refractivity contribution in [2.24, 2.45) is 11.8 Å². The van der Waals surface area contributed by atoms with Crippen molar-refractivity contribution in [2.75, 3.05) is 20.8 Å². The number of hydrogen-bond acceptors (Lipinski definition) is 7. The zero-order valence-electron chi connectivity index (χ0n) is 15.4. The standard InChI is InChI=1S/C19H24O7/c1-5-26-12-8-6-11(7-9-12)14-15(17(21)24-3)13(20)10-19(2,23)16(14)18(22)25-4/h6-9,14-16,23H,5,10H2,1-4H3/t14-,15-,16-,19+/m1/s1. The number of carbonyl (C=O) groups excluding carboxylic acids is 3. The van der Waals surface area contributed by atoms with Gasteiger partial charge in [-0.2, -0.15) is 0 Å². The molecule has 26 heavy (non-hydrogen) atoms. The van der Waals surface area contributed by atoms with Crippen molar-refractivity contribution in [3.63, 3.8) is 0 Å². The second-order valence-electron chi connectivity index (χ2n) is 6.53. The summed E-state index contributed by atoms with van der Waals surface area (Å²) < 4.78 is 15.0. The maximum absolute atomic E-state index is 12.6. The third-order valence-electron chi connectivity index (χ3n) is 4.75. The maximum atomic E-state index is 12.6. The van der Waals surface area contributed by atoms with E-state index < -0.39 is 41.1 Å². The van der Waals surface area contributed by atoms with Gasteiger partial charge in [-0.1, -0.05) is 12.1 Å². The summed E-state index contributed by atoms with van der Waals surface area (Å²) >= 11 is 0. The quantitative estimate of drug-likeness (QED) is 0.624. The molecule has 1 saturated carbocycles. The molecule has 2 rings (SSSR count). The van der Waals surface area contributed by atoms with Gasteiger partial charge in [-0.3, -0.25) is 14.4 Å². The summed E-state index contributed by atoms with van der Waals surface area (Å²) in [5.41, 5.74) is -1.09. The zero-order valence-corrected chi connectivity index (χ0v) is 15.4. The molecule has 1 aromatic carbocycles. The van der Waals surface area contributed by atoms with Gasteiger partial charge in [0, 0.05) is 12.3 Å². The summed E-state index contributed by atoms with van der Waals surface area (Å²) in [7, 11) is 2.39. The van der Waals surface area contributed by atoms with Crippen LogP contribution in [-0.4, -0.2) is 49.3 Å². The molecule has 1 fully saturated rings. The van der Waals surface area contributed by atoms with E-state index >= 15 is 0 Å². The molecule has 1 aliphatic rings. The summed E-state index contributed by atoms with van der Waals surface area (Å²) in [4.78, 5) is 37.3. The number of aliphatic hydroxyl groups is 1. The van der Waals surface area contributed by atoms with Crippen molar-refractivity contribution in [3.8, 4) is 5.75 Å². The Labute approximate surface area is 152 Å². The Balaban J connectivity index is 2.57. The predicted molar refractivity (Wildman–Crippen MR) is 91.6 cm³/mol. The molecular formula is C19H24O7. The Morgan fingerprint density at radius 3 is 2.23 bits per heavy atom. The molecule has 0 heterocycles. The Morgan fingerprint density at radius 2 is 1.73 bits per heavy atom. The highest BCUT2D eigenvalue weighted by Gasteiger charge is 2.56. The van der Waals surface area contributed by atoms with Crippen LogP contribution in [0.25, 0.3) is 0 Å². The molecule has 0 saturated heterocycles. The lowest BCUT2D eigenvalue weighted by Gasteiger charge is -2.43. The van der Waals surface area contributed by atoms with E-state index in [1.165, 1.54) is 21.1 Å². The average molecular weight is 364 g/mol. The number of benzene rings is 1. The van der Waals surface area contributed by atoms with Gasteiger partial charge in [-0.15, -0.1) is 0 Å². The molecule has 7 heteroatoms. The number of methoxy groups -OCH3 is 2. The van der Waals surface area contributed by atoms with E-state index in [0.717, 1.165) is 0 Å². The number of hydrogen-bond donors (Lipinski definition) is 1. The smallest absolute Gasteiger partial charge is 0.316 e. The summed E-state index contributed by atoms with van der Waals surface area (Å²) in [6, 6.07) is 6.73. The second-order valence-corrected chi connectivity index (χ2v) is 6.53. The molecule has 0 radical (unpaired) electrons. The molecule has 1 aromatic rings. The fourth-order valence-electron chi connectivity index (χ4n) is 3.62. The first-order chi connectivity index (χ1) is 12.3. The molecule has 1 N–H and O–H groups in total. The number of ether oxygens (including phenoxy) is 3. The minimum absolute atomic E-state index is 0.333. The summed E-state index contributed by atoms with van der Waals surface area (Å²) in [5.74, 6) is -4.46. The van der Waals surface area contributed by atoms with Gasteiger partial charge in [0.15, 0.2) is 5.78 Å². The number of carbonyl (C=O) groups is 3. The first-order valence-electron chi connectivity index (χ1n) is 8.40. The van der Waals surface area contributed by atoms with Crippen molar-refractivity contribution in [1.82, 2.24) is 0 Å². The summed E-state index contributed by atoms with van der Waals surface area (Å²) in [6.07, 6.45) is -0.333. The van der Waals surface area contributed by atoms with Crippen LogP contribution < -0.4 is 4.74 Å². The van der Waals surface area contributed by atoms with Crippen molar-refractivity contribution >= 4 is 17.7 Å². The lowest BCUT2D eigenvalue weighted by molar-refractivity contribution is -0.170. The van der Waals surface area contributed by atoms with E-state index in [1.54, 1.807) is 24.3 Å². The molecule has 0 spiro atoms. The number of ketones is 1. The van der Waals surface area contributed by atoms with Gasteiger partial charge in [-0.05, 0) is 31.5 Å². The zero-order chi connectivity index (χ0) is 19.5. The van der Waals surface area contributed by atoms with Crippen molar-refractivity contribution in [3.05, 3.63) is 29.8 Å². The molecule has 4 atom stereocenters. The SMILES string of the molecule is CCOc1ccc([C@@H]2[C@H](C(=O)OC)C(=O)C[C@](C)(O)[C@H]2C(=O)OC)cc1. The largest absolute Gasteiger partial charge is 0.494 e. The third-order valence-corrected chi connectivity index (χ3v) is 4.75. The van der Waals surface area contributed by atoms with E-state index in [-0.39, 0.29) is 6.42 Å². The van der Waals surface area contributed by atoms with E-state index in [0.29, 0.717) is 17.9 Å². The molecule has 0 bridgehead atoms. The van der Waals surface area contributed by atoms with Crippen LogP contribution >= 0.6 is 0 Å². The molecule has 0 aliphatic heterocycles. The Hall–Kier alpha value is -2.41. The van der Waals surface area contributed by atoms with Gasteiger partial charge in [0.05, 0.1) is 32.3 Å². The molecule has 0 aromatic heterocycles. The second kappa shape index (κ2) is 7.86. The highest BCUT2D eigenvalue weighted by molar-refractivity contribution is 6.02. The highest BCUT2D eigenvalue weighted by Crippen LogP contribution is 2.46. The number of esters is 2. The molecule has 0 amide bonds. The van der Waals surface area contributed by atoms with Gasteiger partial charge in [0.1, 0.15) is 11.7 Å². The first kappa shape index (κ1) is 19.9. The van der Waals surface area contributed by atoms with E-state index in [2.05, 4.69) is 0 Å². The number of Topliss-reactive ketones (excluding diaryl/α,β-unsaturated/α-hetero) is 1. The fraction of sp³-hybridized carbons (Fsp3) is 0.526. The Bertz CT molecular complexity index is 678. The topological polar surface area (TPSA) is 99.1 Å². The summed E-state index contributed by atoms with van der Waals surface area (Å²) in [6.45, 7) is 3.75. The van der Waals surface area contributed by atoms with Gasteiger partial charge in [0.25, 0.3) is 0 Å². The first-order valence-corrected chi connectivity index (χ1v) is 8.40. The maximum Gasteiger partial charge on any atom is 0.316 e. The van der Waals surface area contributed by atoms with E-state index in [1.807, 2.05) is 6.92 Å². The van der Waals surface area contributed by atoms with Crippen LogP contribution in [0.4, 0.5) is 0 Å². The molecule has 1 aliphatic carbocycles. The van der Waals surface area contributed by atoms with Crippen LogP contribution in [0.1, 0.15) is 31.7 Å². The fourth-order valence-corrected chi connectivity index (χ4v) is 3.62. The van der Waals surface area contributed by atoms with E-state index in [4.69, 9.17) is 14.2 Å². The molecule has 0 unspecified atom stereocenters.